The van der Waals surface area contributed by atoms with Crippen molar-refractivity contribution in [3.8, 4) is 5.75 Å². The maximum absolute atomic E-state index is 5.98. The molecule has 2 heterocycles. The third-order valence-electron chi connectivity index (χ3n) is 5.47. The van der Waals surface area contributed by atoms with Crippen molar-refractivity contribution >= 4 is 5.96 Å². The van der Waals surface area contributed by atoms with Crippen molar-refractivity contribution in [3.63, 3.8) is 0 Å². The summed E-state index contributed by atoms with van der Waals surface area (Å²) in [6.07, 6.45) is 6.43. The molecule has 3 rings (SSSR count). The molecule has 8 nitrogen and oxygen atoms in total. The number of benzene rings is 1. The molecule has 0 fully saturated rings. The molecule has 1 aliphatic heterocycles. The second-order valence-electron chi connectivity index (χ2n) is 7.90. The van der Waals surface area contributed by atoms with E-state index < -0.39 is 0 Å². The highest BCUT2D eigenvalue weighted by molar-refractivity contribution is 5.79. The van der Waals surface area contributed by atoms with Gasteiger partial charge in [0.05, 0.1) is 6.61 Å². The van der Waals surface area contributed by atoms with E-state index in [0.29, 0.717) is 19.8 Å². The van der Waals surface area contributed by atoms with Gasteiger partial charge in [-0.2, -0.15) is 0 Å². The average Bonchev–Trinajstić information content (AvgIpc) is 3.00. The van der Waals surface area contributed by atoms with Gasteiger partial charge in [0.15, 0.2) is 5.96 Å². The van der Waals surface area contributed by atoms with Gasteiger partial charge in [-0.15, -0.1) is 10.2 Å². The first-order chi connectivity index (χ1) is 15.2. The number of aliphatic imine (C=N–C) groups is 1. The van der Waals surface area contributed by atoms with Crippen LogP contribution in [-0.4, -0.2) is 54.6 Å². The standard InChI is InChI=1S/C23H36N6O2/c1-18-9-10-19(20(16-18)31-15-7-14-30-3)17-26-23(24-2)25-12-11-22-28-27-21-8-5-4-6-13-29(21)22/h9-10,16H,4-8,11-15,17H2,1-3H3,(H2,24,25,26). The average molecular weight is 429 g/mol. The van der Waals surface area contributed by atoms with Crippen LogP contribution >= 0.6 is 0 Å². The van der Waals surface area contributed by atoms with E-state index in [2.05, 4.69) is 55.5 Å². The number of nitrogens with one attached hydrogen (secondary N) is 2. The molecule has 0 bridgehead atoms. The SMILES string of the molecule is CN=C(NCCc1nnc2n1CCCCC2)NCc1ccc(C)cc1OCCCOC. The lowest BCUT2D eigenvalue weighted by Crippen LogP contribution is -2.38. The Morgan fingerprint density at radius 1 is 1.16 bits per heavy atom. The molecule has 170 valence electrons. The Hall–Kier alpha value is -2.61. The van der Waals surface area contributed by atoms with E-state index in [0.717, 1.165) is 61.3 Å². The number of aryl methyl sites for hydroxylation is 2. The monoisotopic (exact) mass is 428 g/mol. The Bertz CT molecular complexity index is 849. The van der Waals surface area contributed by atoms with Crippen LogP contribution in [0, 0.1) is 6.92 Å². The second kappa shape index (κ2) is 12.3. The molecule has 0 spiro atoms. The minimum atomic E-state index is 0.639. The van der Waals surface area contributed by atoms with Crippen LogP contribution in [0.25, 0.3) is 0 Å². The number of fused-ring (bicyclic) bond motifs is 1. The van der Waals surface area contributed by atoms with Crippen molar-refractivity contribution in [2.24, 2.45) is 4.99 Å². The Labute approximate surface area is 185 Å². The lowest BCUT2D eigenvalue weighted by Gasteiger charge is -2.15. The quantitative estimate of drug-likeness (QED) is 0.344. The van der Waals surface area contributed by atoms with Crippen LogP contribution in [0.4, 0.5) is 0 Å². The zero-order valence-electron chi connectivity index (χ0n) is 19.1. The molecule has 1 aromatic carbocycles. The summed E-state index contributed by atoms with van der Waals surface area (Å²) in [4.78, 5) is 4.35. The van der Waals surface area contributed by atoms with E-state index in [1.807, 2.05) is 0 Å². The molecule has 0 radical (unpaired) electrons. The Morgan fingerprint density at radius 2 is 2.06 bits per heavy atom. The van der Waals surface area contributed by atoms with Gasteiger partial charge >= 0.3 is 0 Å². The van der Waals surface area contributed by atoms with E-state index in [9.17, 15) is 0 Å². The van der Waals surface area contributed by atoms with Crippen molar-refractivity contribution in [1.82, 2.24) is 25.4 Å². The van der Waals surface area contributed by atoms with Crippen molar-refractivity contribution in [1.29, 1.82) is 0 Å². The van der Waals surface area contributed by atoms with E-state index in [-0.39, 0.29) is 0 Å². The van der Waals surface area contributed by atoms with Crippen molar-refractivity contribution in [3.05, 3.63) is 41.0 Å². The number of hydrogen-bond donors (Lipinski definition) is 2. The second-order valence-corrected chi connectivity index (χ2v) is 7.90. The summed E-state index contributed by atoms with van der Waals surface area (Å²) in [6, 6.07) is 6.29. The Balaban J connectivity index is 1.49. The van der Waals surface area contributed by atoms with Crippen molar-refractivity contribution in [2.45, 2.75) is 58.5 Å². The number of rotatable bonds is 10. The van der Waals surface area contributed by atoms with E-state index in [4.69, 9.17) is 9.47 Å². The van der Waals surface area contributed by atoms with Crippen LogP contribution in [-0.2, 0) is 30.7 Å². The Morgan fingerprint density at radius 3 is 2.90 bits per heavy atom. The smallest absolute Gasteiger partial charge is 0.191 e. The fraction of sp³-hybridized carbons (Fsp3) is 0.609. The molecule has 2 aromatic rings. The van der Waals surface area contributed by atoms with Crippen LogP contribution in [0.2, 0.25) is 0 Å². The summed E-state index contributed by atoms with van der Waals surface area (Å²) in [6.45, 7) is 5.84. The normalized spacial score (nSPS) is 14.1. The molecule has 8 heteroatoms. The highest BCUT2D eigenvalue weighted by atomic mass is 16.5. The molecular weight excluding hydrogens is 392 g/mol. The molecular formula is C23H36N6O2. The topological polar surface area (TPSA) is 85.6 Å². The molecule has 0 unspecified atom stereocenters. The zero-order chi connectivity index (χ0) is 21.9. The van der Waals surface area contributed by atoms with Crippen molar-refractivity contribution < 1.29 is 9.47 Å². The summed E-state index contributed by atoms with van der Waals surface area (Å²) in [7, 11) is 3.50. The molecule has 1 aliphatic rings. The van der Waals surface area contributed by atoms with Crippen LogP contribution in [0.5, 0.6) is 5.75 Å². The summed E-state index contributed by atoms with van der Waals surface area (Å²) in [5.41, 5.74) is 2.29. The van der Waals surface area contributed by atoms with E-state index >= 15 is 0 Å². The van der Waals surface area contributed by atoms with Gasteiger partial charge in [-0.05, 0) is 31.4 Å². The number of nitrogens with zero attached hydrogens (tertiary/aromatic N) is 4. The van der Waals surface area contributed by atoms with Gasteiger partial charge in [0.2, 0.25) is 0 Å². The number of guanidine groups is 1. The van der Waals surface area contributed by atoms with E-state index in [1.165, 1.54) is 24.8 Å². The van der Waals surface area contributed by atoms with Gasteiger partial charge in [0.1, 0.15) is 17.4 Å². The third kappa shape index (κ3) is 6.95. The summed E-state index contributed by atoms with van der Waals surface area (Å²) in [5, 5.41) is 15.6. The van der Waals surface area contributed by atoms with Gasteiger partial charge in [0.25, 0.3) is 0 Å². The molecule has 0 saturated carbocycles. The maximum Gasteiger partial charge on any atom is 0.191 e. The van der Waals surface area contributed by atoms with E-state index in [1.54, 1.807) is 14.2 Å². The first-order valence-corrected chi connectivity index (χ1v) is 11.3. The summed E-state index contributed by atoms with van der Waals surface area (Å²) in [5.74, 6) is 3.87. The number of aromatic nitrogens is 3. The predicted molar refractivity (Wildman–Crippen MR) is 123 cm³/mol. The van der Waals surface area contributed by atoms with Crippen molar-refractivity contribution in [2.75, 3.05) is 33.9 Å². The number of ether oxygens (including phenoxy) is 2. The fourth-order valence-electron chi connectivity index (χ4n) is 3.75. The minimum absolute atomic E-state index is 0.639. The number of methoxy groups -OCH3 is 1. The lowest BCUT2D eigenvalue weighted by molar-refractivity contribution is 0.172. The molecule has 2 N–H and O–H groups in total. The highest BCUT2D eigenvalue weighted by Crippen LogP contribution is 2.20. The summed E-state index contributed by atoms with van der Waals surface area (Å²) < 4.78 is 13.4. The zero-order valence-corrected chi connectivity index (χ0v) is 19.1. The van der Waals surface area contributed by atoms with Crippen LogP contribution in [0.1, 0.15) is 48.5 Å². The fourth-order valence-corrected chi connectivity index (χ4v) is 3.75. The van der Waals surface area contributed by atoms with Gasteiger partial charge < -0.3 is 24.7 Å². The first kappa shape index (κ1) is 23.1. The largest absolute Gasteiger partial charge is 0.493 e. The predicted octanol–water partition coefficient (Wildman–Crippen LogP) is 2.64. The van der Waals surface area contributed by atoms with Crippen LogP contribution < -0.4 is 15.4 Å². The van der Waals surface area contributed by atoms with Gasteiger partial charge in [-0.1, -0.05) is 18.6 Å². The van der Waals surface area contributed by atoms with Gasteiger partial charge in [-0.25, -0.2) is 0 Å². The first-order valence-electron chi connectivity index (χ1n) is 11.3. The third-order valence-corrected chi connectivity index (χ3v) is 5.47. The molecule has 0 saturated heterocycles. The molecule has 0 amide bonds. The molecule has 31 heavy (non-hydrogen) atoms. The highest BCUT2D eigenvalue weighted by Gasteiger charge is 2.14. The lowest BCUT2D eigenvalue weighted by atomic mass is 10.1. The molecule has 0 atom stereocenters. The van der Waals surface area contributed by atoms with Crippen LogP contribution in [0.3, 0.4) is 0 Å². The molecule has 1 aromatic heterocycles. The minimum Gasteiger partial charge on any atom is -0.493 e. The van der Waals surface area contributed by atoms with Gasteiger partial charge in [-0.3, -0.25) is 4.99 Å². The number of hydrogen-bond acceptors (Lipinski definition) is 5. The summed E-state index contributed by atoms with van der Waals surface area (Å²) >= 11 is 0. The molecule has 0 aliphatic carbocycles. The van der Waals surface area contributed by atoms with Crippen LogP contribution in [0.15, 0.2) is 23.2 Å². The maximum atomic E-state index is 5.98. The Kier molecular flexibility index (Phi) is 9.15. The van der Waals surface area contributed by atoms with Gasteiger partial charge in [0, 0.05) is 65.2 Å².